The molecule has 0 radical (unpaired) electrons. The van der Waals surface area contributed by atoms with Crippen molar-refractivity contribution >= 4 is 11.6 Å². The van der Waals surface area contributed by atoms with E-state index in [9.17, 15) is 4.79 Å². The van der Waals surface area contributed by atoms with E-state index in [4.69, 9.17) is 5.26 Å². The average molecular weight is 257 g/mol. The molecular formula is C15H19N3O. The second-order valence-corrected chi connectivity index (χ2v) is 5.06. The lowest BCUT2D eigenvalue weighted by molar-refractivity contribution is -0.130. The quantitative estimate of drug-likeness (QED) is 0.904. The van der Waals surface area contributed by atoms with Crippen LogP contribution in [0.3, 0.4) is 0 Å². The minimum atomic E-state index is -0.299. The van der Waals surface area contributed by atoms with Gasteiger partial charge in [0.1, 0.15) is 12.1 Å². The number of hydrogen-bond donors (Lipinski definition) is 1. The predicted molar refractivity (Wildman–Crippen MR) is 74.8 cm³/mol. The van der Waals surface area contributed by atoms with Crippen molar-refractivity contribution in [3.05, 3.63) is 29.3 Å². The van der Waals surface area contributed by atoms with Crippen LogP contribution >= 0.6 is 0 Å². The van der Waals surface area contributed by atoms with Crippen LogP contribution in [-0.4, -0.2) is 29.9 Å². The first kappa shape index (κ1) is 13.4. The molecule has 19 heavy (non-hydrogen) atoms. The van der Waals surface area contributed by atoms with Gasteiger partial charge in [-0.05, 0) is 44.4 Å². The van der Waals surface area contributed by atoms with Crippen LogP contribution in [0.5, 0.6) is 0 Å². The van der Waals surface area contributed by atoms with E-state index in [-0.39, 0.29) is 11.9 Å². The molecule has 1 aromatic carbocycles. The molecule has 1 fully saturated rings. The molecule has 1 amide bonds. The smallest absolute Gasteiger partial charge is 0.244 e. The highest BCUT2D eigenvalue weighted by molar-refractivity contribution is 5.85. The maximum Gasteiger partial charge on any atom is 0.244 e. The van der Waals surface area contributed by atoms with E-state index < -0.39 is 0 Å². The first-order valence-corrected chi connectivity index (χ1v) is 6.68. The number of nitrogens with zero attached hydrogens (tertiary/aromatic N) is 2. The molecule has 1 aliphatic heterocycles. The third-order valence-electron chi connectivity index (χ3n) is 3.46. The summed E-state index contributed by atoms with van der Waals surface area (Å²) in [5.74, 6) is 0.114. The van der Waals surface area contributed by atoms with E-state index in [1.807, 2.05) is 30.9 Å². The Hall–Kier alpha value is -2.02. The lowest BCUT2D eigenvalue weighted by atomic mass is 10.1. The number of amides is 1. The van der Waals surface area contributed by atoms with E-state index in [1.165, 1.54) is 0 Å². The number of anilines is 1. The Bertz CT molecular complexity index is 513. The van der Waals surface area contributed by atoms with Gasteiger partial charge in [0.2, 0.25) is 5.91 Å². The number of carbonyl (C=O) groups is 1. The highest BCUT2D eigenvalue weighted by atomic mass is 16.2. The van der Waals surface area contributed by atoms with Crippen molar-refractivity contribution in [3.63, 3.8) is 0 Å². The molecule has 100 valence electrons. The molecule has 1 heterocycles. The summed E-state index contributed by atoms with van der Waals surface area (Å²) in [6.45, 7) is 5.52. The van der Waals surface area contributed by atoms with Crippen molar-refractivity contribution < 1.29 is 4.79 Å². The van der Waals surface area contributed by atoms with Crippen LogP contribution in [0.25, 0.3) is 0 Å². The second-order valence-electron chi connectivity index (χ2n) is 5.06. The fraction of sp³-hybridized carbons (Fsp3) is 0.467. The maximum atomic E-state index is 12.2. The minimum Gasteiger partial charge on any atom is -0.373 e. The Morgan fingerprint density at radius 2 is 2.11 bits per heavy atom. The highest BCUT2D eigenvalue weighted by Crippen LogP contribution is 2.19. The fourth-order valence-electron chi connectivity index (χ4n) is 2.38. The molecule has 0 saturated carbocycles. The molecule has 0 aromatic heterocycles. The largest absolute Gasteiger partial charge is 0.373 e. The van der Waals surface area contributed by atoms with Crippen LogP contribution in [0.4, 0.5) is 5.69 Å². The zero-order valence-electron chi connectivity index (χ0n) is 11.4. The number of nitrogens with one attached hydrogen (secondary N) is 1. The lowest BCUT2D eigenvalue weighted by Gasteiger charge is -2.22. The highest BCUT2D eigenvalue weighted by Gasteiger charge is 2.23. The fourth-order valence-corrected chi connectivity index (χ4v) is 2.38. The van der Waals surface area contributed by atoms with Crippen LogP contribution in [0.1, 0.15) is 30.9 Å². The third kappa shape index (κ3) is 3.05. The van der Waals surface area contributed by atoms with Gasteiger partial charge in [-0.2, -0.15) is 5.26 Å². The van der Waals surface area contributed by atoms with Crippen molar-refractivity contribution in [2.24, 2.45) is 0 Å². The molecule has 4 heteroatoms. The van der Waals surface area contributed by atoms with Gasteiger partial charge in [0, 0.05) is 13.1 Å². The Balaban J connectivity index is 2.10. The summed E-state index contributed by atoms with van der Waals surface area (Å²) in [4.78, 5) is 14.1. The molecule has 1 aromatic rings. The molecule has 4 nitrogen and oxygen atoms in total. The SMILES string of the molecule is Cc1ccc(C#N)c(NC(C)C(=O)N2CCCC2)c1. The van der Waals surface area contributed by atoms with Crippen molar-refractivity contribution in [1.82, 2.24) is 4.90 Å². The Morgan fingerprint density at radius 1 is 1.42 bits per heavy atom. The predicted octanol–water partition coefficient (Wildman–Crippen LogP) is 2.29. The van der Waals surface area contributed by atoms with Crippen molar-refractivity contribution in [3.8, 4) is 6.07 Å². The summed E-state index contributed by atoms with van der Waals surface area (Å²) in [5, 5.41) is 12.3. The summed E-state index contributed by atoms with van der Waals surface area (Å²) in [6.07, 6.45) is 2.18. The van der Waals surface area contributed by atoms with Gasteiger partial charge < -0.3 is 10.2 Å². The number of rotatable bonds is 3. The van der Waals surface area contributed by atoms with Gasteiger partial charge in [-0.15, -0.1) is 0 Å². The summed E-state index contributed by atoms with van der Waals surface area (Å²) >= 11 is 0. The molecule has 1 N–H and O–H groups in total. The van der Waals surface area contributed by atoms with Crippen LogP contribution in [0.2, 0.25) is 0 Å². The Morgan fingerprint density at radius 3 is 2.74 bits per heavy atom. The number of aryl methyl sites for hydroxylation is 1. The van der Waals surface area contributed by atoms with E-state index in [2.05, 4.69) is 11.4 Å². The third-order valence-corrected chi connectivity index (χ3v) is 3.46. The molecule has 1 atom stereocenters. The van der Waals surface area contributed by atoms with Gasteiger partial charge in [-0.1, -0.05) is 6.07 Å². The van der Waals surface area contributed by atoms with Gasteiger partial charge in [-0.25, -0.2) is 0 Å². The van der Waals surface area contributed by atoms with Crippen molar-refractivity contribution in [1.29, 1.82) is 5.26 Å². The number of hydrogen-bond acceptors (Lipinski definition) is 3. The van der Waals surface area contributed by atoms with Gasteiger partial charge in [0.05, 0.1) is 11.3 Å². The summed E-state index contributed by atoms with van der Waals surface area (Å²) in [6, 6.07) is 7.44. The van der Waals surface area contributed by atoms with Gasteiger partial charge in [0.25, 0.3) is 0 Å². The van der Waals surface area contributed by atoms with Gasteiger partial charge in [-0.3, -0.25) is 4.79 Å². The van der Waals surface area contributed by atoms with Crippen LogP contribution in [0.15, 0.2) is 18.2 Å². The normalized spacial score (nSPS) is 15.9. The lowest BCUT2D eigenvalue weighted by Crippen LogP contribution is -2.39. The minimum absolute atomic E-state index is 0.114. The van der Waals surface area contributed by atoms with Crippen molar-refractivity contribution in [2.75, 3.05) is 18.4 Å². The first-order chi connectivity index (χ1) is 9.11. The summed E-state index contributed by atoms with van der Waals surface area (Å²) < 4.78 is 0. The molecule has 2 rings (SSSR count). The first-order valence-electron chi connectivity index (χ1n) is 6.68. The molecule has 1 aliphatic rings. The van der Waals surface area contributed by atoms with Gasteiger partial charge in [0.15, 0.2) is 0 Å². The molecule has 1 unspecified atom stereocenters. The molecule has 0 aliphatic carbocycles. The standard InChI is InChI=1S/C15H19N3O/c1-11-5-6-13(10-16)14(9-11)17-12(2)15(19)18-7-3-4-8-18/h5-6,9,12,17H,3-4,7-8H2,1-2H3. The molecule has 1 saturated heterocycles. The maximum absolute atomic E-state index is 12.2. The molecular weight excluding hydrogens is 238 g/mol. The monoisotopic (exact) mass is 257 g/mol. The van der Waals surface area contributed by atoms with E-state index >= 15 is 0 Å². The van der Waals surface area contributed by atoms with E-state index in [1.54, 1.807) is 6.07 Å². The number of benzene rings is 1. The molecule has 0 spiro atoms. The van der Waals surface area contributed by atoms with Crippen LogP contribution in [-0.2, 0) is 4.79 Å². The van der Waals surface area contributed by atoms with Crippen LogP contribution < -0.4 is 5.32 Å². The van der Waals surface area contributed by atoms with Gasteiger partial charge >= 0.3 is 0 Å². The molecule has 0 bridgehead atoms. The second kappa shape index (κ2) is 5.75. The number of carbonyl (C=O) groups excluding carboxylic acids is 1. The summed E-state index contributed by atoms with van der Waals surface area (Å²) in [7, 11) is 0. The Kier molecular flexibility index (Phi) is 4.06. The number of likely N-dealkylation sites (tertiary alicyclic amines) is 1. The number of nitriles is 1. The zero-order chi connectivity index (χ0) is 13.8. The zero-order valence-corrected chi connectivity index (χ0v) is 11.4. The topological polar surface area (TPSA) is 56.1 Å². The summed E-state index contributed by atoms with van der Waals surface area (Å²) in [5.41, 5.74) is 2.39. The van der Waals surface area contributed by atoms with Crippen LogP contribution in [0, 0.1) is 18.3 Å². The average Bonchev–Trinajstić information content (AvgIpc) is 2.92. The van der Waals surface area contributed by atoms with E-state index in [0.717, 1.165) is 37.2 Å². The van der Waals surface area contributed by atoms with Crippen molar-refractivity contribution in [2.45, 2.75) is 32.7 Å². The Labute approximate surface area is 114 Å². The van der Waals surface area contributed by atoms with E-state index in [0.29, 0.717) is 5.56 Å².